The molecular formula is C13H16FN3O. The SMILES string of the molecule is Cc1cc(OCCCn2ccc(N)n2)ccc1F. The molecule has 96 valence electrons. The molecule has 0 saturated carbocycles. The smallest absolute Gasteiger partial charge is 0.145 e. The van der Waals surface area contributed by atoms with Crippen LogP contribution in [-0.2, 0) is 6.54 Å². The zero-order valence-corrected chi connectivity index (χ0v) is 10.3. The number of aromatic nitrogens is 2. The molecule has 1 aromatic heterocycles. The van der Waals surface area contributed by atoms with E-state index in [4.69, 9.17) is 10.5 Å². The van der Waals surface area contributed by atoms with Crippen molar-refractivity contribution in [2.24, 2.45) is 0 Å². The summed E-state index contributed by atoms with van der Waals surface area (Å²) in [6.45, 7) is 3.02. The van der Waals surface area contributed by atoms with Crippen molar-refractivity contribution in [1.29, 1.82) is 0 Å². The Morgan fingerprint density at radius 2 is 2.22 bits per heavy atom. The topological polar surface area (TPSA) is 53.1 Å². The Kier molecular flexibility index (Phi) is 3.82. The van der Waals surface area contributed by atoms with E-state index in [-0.39, 0.29) is 5.82 Å². The number of halogens is 1. The summed E-state index contributed by atoms with van der Waals surface area (Å²) in [6, 6.07) is 6.50. The number of hydrogen-bond acceptors (Lipinski definition) is 3. The lowest BCUT2D eigenvalue weighted by molar-refractivity contribution is 0.298. The Labute approximate surface area is 105 Å². The average Bonchev–Trinajstić information content (AvgIpc) is 2.75. The van der Waals surface area contributed by atoms with Gasteiger partial charge >= 0.3 is 0 Å². The van der Waals surface area contributed by atoms with Gasteiger partial charge in [-0.2, -0.15) is 5.10 Å². The number of nitrogens with two attached hydrogens (primary N) is 1. The maximum Gasteiger partial charge on any atom is 0.145 e. The van der Waals surface area contributed by atoms with Crippen LogP contribution < -0.4 is 10.5 Å². The van der Waals surface area contributed by atoms with E-state index in [9.17, 15) is 4.39 Å². The molecule has 1 heterocycles. The second-order valence-corrected chi connectivity index (χ2v) is 4.12. The molecule has 0 fully saturated rings. The molecule has 2 rings (SSSR count). The monoisotopic (exact) mass is 249 g/mol. The molecule has 0 saturated heterocycles. The van der Waals surface area contributed by atoms with E-state index in [0.29, 0.717) is 23.7 Å². The van der Waals surface area contributed by atoms with Crippen LogP contribution in [0.4, 0.5) is 10.2 Å². The van der Waals surface area contributed by atoms with Crippen LogP contribution in [0.1, 0.15) is 12.0 Å². The van der Waals surface area contributed by atoms with Crippen molar-refractivity contribution in [2.45, 2.75) is 19.9 Å². The van der Waals surface area contributed by atoms with E-state index in [1.807, 2.05) is 6.20 Å². The predicted octanol–water partition coefficient (Wildman–Crippen LogP) is 2.38. The van der Waals surface area contributed by atoms with Crippen LogP contribution in [0.5, 0.6) is 5.75 Å². The normalized spacial score (nSPS) is 10.6. The van der Waals surface area contributed by atoms with Gasteiger partial charge in [-0.25, -0.2) is 4.39 Å². The highest BCUT2D eigenvalue weighted by Crippen LogP contribution is 2.16. The molecule has 0 aliphatic carbocycles. The van der Waals surface area contributed by atoms with Gasteiger partial charge in [-0.3, -0.25) is 4.68 Å². The number of nitrogen functional groups attached to an aromatic ring is 1. The fourth-order valence-electron chi connectivity index (χ4n) is 1.63. The van der Waals surface area contributed by atoms with E-state index in [0.717, 1.165) is 13.0 Å². The van der Waals surface area contributed by atoms with E-state index < -0.39 is 0 Å². The highest BCUT2D eigenvalue weighted by atomic mass is 19.1. The lowest BCUT2D eigenvalue weighted by atomic mass is 10.2. The van der Waals surface area contributed by atoms with Crippen LogP contribution in [0.15, 0.2) is 30.5 Å². The standard InChI is InChI=1S/C13H16FN3O/c1-10-9-11(3-4-12(10)14)18-8-2-6-17-7-5-13(15)16-17/h3-5,7,9H,2,6,8H2,1H3,(H2,15,16). The Balaban J connectivity index is 1.76. The van der Waals surface area contributed by atoms with Gasteiger partial charge in [0.15, 0.2) is 0 Å². The van der Waals surface area contributed by atoms with Gasteiger partial charge in [0.05, 0.1) is 6.61 Å². The Morgan fingerprint density at radius 3 is 2.89 bits per heavy atom. The summed E-state index contributed by atoms with van der Waals surface area (Å²) in [6.07, 6.45) is 2.65. The summed E-state index contributed by atoms with van der Waals surface area (Å²) in [4.78, 5) is 0. The lowest BCUT2D eigenvalue weighted by Gasteiger charge is -2.07. The number of rotatable bonds is 5. The first kappa shape index (κ1) is 12.4. The lowest BCUT2D eigenvalue weighted by Crippen LogP contribution is -2.05. The number of anilines is 1. The number of nitrogens with zero attached hydrogens (tertiary/aromatic N) is 2. The van der Waals surface area contributed by atoms with E-state index >= 15 is 0 Å². The van der Waals surface area contributed by atoms with Gasteiger partial charge < -0.3 is 10.5 Å². The molecule has 0 radical (unpaired) electrons. The van der Waals surface area contributed by atoms with Crippen LogP contribution in [0.2, 0.25) is 0 Å². The molecule has 0 bridgehead atoms. The highest BCUT2D eigenvalue weighted by molar-refractivity contribution is 5.28. The maximum atomic E-state index is 13.0. The van der Waals surface area contributed by atoms with E-state index in [1.165, 1.54) is 6.07 Å². The molecule has 0 atom stereocenters. The second-order valence-electron chi connectivity index (χ2n) is 4.12. The summed E-state index contributed by atoms with van der Waals surface area (Å²) in [5, 5.41) is 4.07. The molecule has 2 aromatic rings. The fraction of sp³-hybridized carbons (Fsp3) is 0.308. The third-order valence-corrected chi connectivity index (χ3v) is 2.59. The van der Waals surface area contributed by atoms with Gasteiger partial charge in [0, 0.05) is 19.2 Å². The van der Waals surface area contributed by atoms with Crippen molar-refractivity contribution in [3.63, 3.8) is 0 Å². The van der Waals surface area contributed by atoms with Crippen LogP contribution in [-0.4, -0.2) is 16.4 Å². The molecule has 0 aliphatic rings. The zero-order valence-electron chi connectivity index (χ0n) is 10.3. The summed E-state index contributed by atoms with van der Waals surface area (Å²) in [7, 11) is 0. The summed E-state index contributed by atoms with van der Waals surface area (Å²) < 4.78 is 20.3. The van der Waals surface area contributed by atoms with Crippen molar-refractivity contribution >= 4 is 5.82 Å². The Bertz CT molecular complexity index is 525. The van der Waals surface area contributed by atoms with Crippen molar-refractivity contribution in [1.82, 2.24) is 9.78 Å². The van der Waals surface area contributed by atoms with Gasteiger partial charge in [-0.05, 0) is 36.8 Å². The Hall–Kier alpha value is -2.04. The average molecular weight is 249 g/mol. The minimum atomic E-state index is -0.214. The van der Waals surface area contributed by atoms with Gasteiger partial charge in [0.25, 0.3) is 0 Å². The number of aryl methyl sites for hydroxylation is 2. The quantitative estimate of drug-likeness (QED) is 0.828. The molecule has 4 nitrogen and oxygen atoms in total. The minimum absolute atomic E-state index is 0.214. The third kappa shape index (κ3) is 3.23. The molecule has 0 unspecified atom stereocenters. The van der Waals surface area contributed by atoms with Gasteiger partial charge in [0.1, 0.15) is 17.4 Å². The van der Waals surface area contributed by atoms with Gasteiger partial charge in [-0.1, -0.05) is 0 Å². The van der Waals surface area contributed by atoms with Gasteiger partial charge in [-0.15, -0.1) is 0 Å². The summed E-state index contributed by atoms with van der Waals surface area (Å²) >= 11 is 0. The van der Waals surface area contributed by atoms with Crippen LogP contribution >= 0.6 is 0 Å². The van der Waals surface area contributed by atoms with Crippen molar-refractivity contribution in [3.05, 3.63) is 41.8 Å². The molecule has 0 spiro atoms. The predicted molar refractivity (Wildman–Crippen MR) is 67.9 cm³/mol. The summed E-state index contributed by atoms with van der Waals surface area (Å²) in [5.41, 5.74) is 6.10. The third-order valence-electron chi connectivity index (χ3n) is 2.59. The highest BCUT2D eigenvalue weighted by Gasteiger charge is 2.00. The number of hydrogen-bond donors (Lipinski definition) is 1. The van der Waals surface area contributed by atoms with Crippen LogP contribution in [0, 0.1) is 12.7 Å². The molecule has 1 aromatic carbocycles. The van der Waals surface area contributed by atoms with Gasteiger partial charge in [0.2, 0.25) is 0 Å². The molecular weight excluding hydrogens is 233 g/mol. The molecule has 18 heavy (non-hydrogen) atoms. The van der Waals surface area contributed by atoms with E-state index in [1.54, 1.807) is 29.8 Å². The molecule has 2 N–H and O–H groups in total. The van der Waals surface area contributed by atoms with Crippen molar-refractivity contribution in [2.75, 3.05) is 12.3 Å². The summed E-state index contributed by atoms with van der Waals surface area (Å²) in [5.74, 6) is 0.994. The van der Waals surface area contributed by atoms with Crippen molar-refractivity contribution in [3.8, 4) is 5.75 Å². The largest absolute Gasteiger partial charge is 0.494 e. The van der Waals surface area contributed by atoms with Crippen LogP contribution in [0.3, 0.4) is 0 Å². The Morgan fingerprint density at radius 1 is 1.39 bits per heavy atom. The molecule has 0 aliphatic heterocycles. The zero-order chi connectivity index (χ0) is 13.0. The molecule has 0 amide bonds. The number of ether oxygens (including phenoxy) is 1. The van der Waals surface area contributed by atoms with E-state index in [2.05, 4.69) is 5.10 Å². The maximum absolute atomic E-state index is 13.0. The second kappa shape index (κ2) is 5.53. The fourth-order valence-corrected chi connectivity index (χ4v) is 1.63. The first-order chi connectivity index (χ1) is 8.65. The number of benzene rings is 1. The molecule has 5 heteroatoms. The van der Waals surface area contributed by atoms with Crippen LogP contribution in [0.25, 0.3) is 0 Å². The first-order valence-electron chi connectivity index (χ1n) is 5.83. The minimum Gasteiger partial charge on any atom is -0.494 e. The first-order valence-corrected chi connectivity index (χ1v) is 5.83. The van der Waals surface area contributed by atoms with Crippen molar-refractivity contribution < 1.29 is 9.13 Å².